The number of aliphatic hydroxyl groups is 5. The van der Waals surface area contributed by atoms with E-state index < -0.39 is 53.0 Å². The lowest BCUT2D eigenvalue weighted by molar-refractivity contribution is -0.205. The summed E-state index contributed by atoms with van der Waals surface area (Å²) in [5.74, 6) is 0. The van der Waals surface area contributed by atoms with Crippen LogP contribution >= 0.6 is 11.8 Å². The van der Waals surface area contributed by atoms with Crippen molar-refractivity contribution in [3.8, 4) is 0 Å². The molecule has 0 bridgehead atoms. The van der Waals surface area contributed by atoms with E-state index >= 15 is 0 Å². The average molecular weight is 388 g/mol. The Morgan fingerprint density at radius 3 is 2.50 bits per heavy atom. The zero-order valence-corrected chi connectivity index (χ0v) is 13.8. The molecule has 5 N–H and O–H groups in total. The van der Waals surface area contributed by atoms with E-state index in [9.17, 15) is 33.4 Å². The van der Waals surface area contributed by atoms with Crippen molar-refractivity contribution in [2.24, 2.45) is 5.16 Å². The Kier molecular flexibility index (Phi) is 8.04. The van der Waals surface area contributed by atoms with Gasteiger partial charge in [-0.05, 0) is 0 Å². The Morgan fingerprint density at radius 2 is 2.00 bits per heavy atom. The molecule has 1 aliphatic rings. The fourth-order valence-corrected chi connectivity index (χ4v) is 3.10. The molecule has 0 radical (unpaired) electrons. The van der Waals surface area contributed by atoms with Crippen LogP contribution in [0.4, 0.5) is 0 Å². The van der Waals surface area contributed by atoms with E-state index in [1.165, 1.54) is 0 Å². The van der Waals surface area contributed by atoms with Crippen molar-refractivity contribution in [3.63, 3.8) is 0 Å². The lowest BCUT2D eigenvalue weighted by atomic mass is 10.0. The molecule has 24 heavy (non-hydrogen) atoms. The molecule has 11 nitrogen and oxygen atoms in total. The van der Waals surface area contributed by atoms with Gasteiger partial charge in [-0.25, -0.2) is 0 Å². The summed E-state index contributed by atoms with van der Waals surface area (Å²) in [7, 11) is -5.14. The Morgan fingerprint density at radius 1 is 1.38 bits per heavy atom. The first-order chi connectivity index (χ1) is 11.1. The van der Waals surface area contributed by atoms with E-state index in [1.54, 1.807) is 0 Å². The van der Waals surface area contributed by atoms with Gasteiger partial charge in [0.15, 0.2) is 0 Å². The Bertz CT molecular complexity index is 551. The minimum Gasteiger partial charge on any atom is -0.714 e. The third-order valence-corrected chi connectivity index (χ3v) is 4.38. The van der Waals surface area contributed by atoms with E-state index in [1.807, 2.05) is 0 Å². The molecule has 1 heterocycles. The van der Waals surface area contributed by atoms with Crippen LogP contribution in [0.5, 0.6) is 0 Å². The molecule has 13 heteroatoms. The molecule has 1 fully saturated rings. The zero-order chi connectivity index (χ0) is 18.5. The number of hydrogen-bond donors (Lipinski definition) is 5. The molecule has 0 aliphatic carbocycles. The number of aliphatic hydroxyl groups excluding tert-OH is 5. The highest BCUT2D eigenvalue weighted by Crippen LogP contribution is 2.30. The number of thioether (sulfide) groups is 1. The number of oxime groups is 1. The SMILES string of the molecule is C=CC(O)CC(=NOS(=O)(=O)[O-])SC1OC(CO)C(O)C(O)C1O. The number of hydrogen-bond acceptors (Lipinski definition) is 12. The van der Waals surface area contributed by atoms with Gasteiger partial charge in [0.05, 0.1) is 12.7 Å². The first-order valence-electron chi connectivity index (χ1n) is 6.58. The van der Waals surface area contributed by atoms with E-state index in [0.717, 1.165) is 6.08 Å². The molecule has 140 valence electrons. The summed E-state index contributed by atoms with van der Waals surface area (Å²) in [6.07, 6.45) is -6.41. The number of ether oxygens (including phenoxy) is 1. The third-order valence-electron chi connectivity index (χ3n) is 2.99. The van der Waals surface area contributed by atoms with Gasteiger partial charge in [-0.2, -0.15) is 8.42 Å². The summed E-state index contributed by atoms with van der Waals surface area (Å²) < 4.78 is 40.4. The van der Waals surface area contributed by atoms with Crippen LogP contribution in [-0.4, -0.2) is 86.1 Å². The maximum atomic E-state index is 10.5. The summed E-state index contributed by atoms with van der Waals surface area (Å²) in [5.41, 5.74) is -1.28. The van der Waals surface area contributed by atoms with Crippen molar-refractivity contribution < 1.29 is 47.5 Å². The molecule has 0 aromatic carbocycles. The van der Waals surface area contributed by atoms with Gasteiger partial charge in [-0.3, -0.25) is 4.28 Å². The van der Waals surface area contributed by atoms with Crippen LogP contribution in [0.25, 0.3) is 0 Å². The molecule has 0 aromatic heterocycles. The van der Waals surface area contributed by atoms with Crippen molar-refractivity contribution >= 4 is 27.2 Å². The highest BCUT2D eigenvalue weighted by molar-refractivity contribution is 8.14. The first kappa shape index (κ1) is 21.3. The molecule has 0 amide bonds. The molecule has 1 saturated heterocycles. The van der Waals surface area contributed by atoms with E-state index in [-0.39, 0.29) is 11.5 Å². The van der Waals surface area contributed by atoms with Gasteiger partial charge < -0.3 is 34.8 Å². The highest BCUT2D eigenvalue weighted by Gasteiger charge is 2.44. The second-order valence-electron chi connectivity index (χ2n) is 4.79. The summed E-state index contributed by atoms with van der Waals surface area (Å²) >= 11 is 0.542. The monoisotopic (exact) mass is 388 g/mol. The third kappa shape index (κ3) is 6.27. The predicted molar refractivity (Wildman–Crippen MR) is 80.4 cm³/mol. The van der Waals surface area contributed by atoms with Gasteiger partial charge in [-0.15, -0.1) is 6.58 Å². The van der Waals surface area contributed by atoms with Crippen molar-refractivity contribution in [3.05, 3.63) is 12.7 Å². The van der Waals surface area contributed by atoms with Crippen LogP contribution < -0.4 is 0 Å². The smallest absolute Gasteiger partial charge is 0.284 e. The average Bonchev–Trinajstić information content (AvgIpc) is 2.52. The van der Waals surface area contributed by atoms with Crippen LogP contribution in [0, 0.1) is 0 Å². The van der Waals surface area contributed by atoms with E-state index in [2.05, 4.69) is 16.0 Å². The minimum atomic E-state index is -5.14. The molecule has 6 atom stereocenters. The minimum absolute atomic E-state index is 0.258. The maximum Gasteiger partial charge on any atom is 0.284 e. The second kappa shape index (κ2) is 9.07. The van der Waals surface area contributed by atoms with Gasteiger partial charge in [0, 0.05) is 6.42 Å². The van der Waals surface area contributed by atoms with Gasteiger partial charge in [0.25, 0.3) is 10.4 Å². The summed E-state index contributed by atoms with van der Waals surface area (Å²) in [6.45, 7) is 2.65. The van der Waals surface area contributed by atoms with E-state index in [0.29, 0.717) is 11.8 Å². The molecule has 0 saturated carbocycles. The zero-order valence-electron chi connectivity index (χ0n) is 12.2. The Balaban J connectivity index is 2.92. The van der Waals surface area contributed by atoms with Crippen molar-refractivity contribution in [2.45, 2.75) is 42.4 Å². The summed E-state index contributed by atoms with van der Waals surface area (Å²) in [5, 5.41) is 50.7. The molecule has 1 aliphatic heterocycles. The Hall–Kier alpha value is -0.770. The summed E-state index contributed by atoms with van der Waals surface area (Å²) in [6, 6.07) is 0. The topological polar surface area (TPSA) is 189 Å². The maximum absolute atomic E-state index is 10.5. The van der Waals surface area contributed by atoms with Crippen LogP contribution in [0.2, 0.25) is 0 Å². The first-order valence-corrected chi connectivity index (χ1v) is 8.79. The van der Waals surface area contributed by atoms with Gasteiger partial charge in [-0.1, -0.05) is 23.0 Å². The lowest BCUT2D eigenvalue weighted by Gasteiger charge is -2.39. The van der Waals surface area contributed by atoms with Crippen LogP contribution in [0.3, 0.4) is 0 Å². The number of rotatable bonds is 7. The van der Waals surface area contributed by atoms with Gasteiger partial charge in [0.1, 0.15) is 34.9 Å². The molecule has 0 aromatic rings. The molecule has 1 rings (SSSR count). The lowest BCUT2D eigenvalue weighted by Crippen LogP contribution is -2.57. The normalized spacial score (nSPS) is 33.1. The molecule has 0 spiro atoms. The van der Waals surface area contributed by atoms with Crippen LogP contribution in [0.15, 0.2) is 17.8 Å². The molecule has 6 unspecified atom stereocenters. The van der Waals surface area contributed by atoms with Gasteiger partial charge >= 0.3 is 0 Å². The number of nitrogens with zero attached hydrogens (tertiary/aromatic N) is 1. The summed E-state index contributed by atoms with van der Waals surface area (Å²) in [4.78, 5) is 0. The highest BCUT2D eigenvalue weighted by atomic mass is 32.3. The fraction of sp³-hybridized carbons (Fsp3) is 0.727. The van der Waals surface area contributed by atoms with Crippen LogP contribution in [-0.2, 0) is 19.4 Å². The quantitative estimate of drug-likeness (QED) is 0.0759. The fourth-order valence-electron chi connectivity index (χ4n) is 1.76. The van der Waals surface area contributed by atoms with E-state index in [4.69, 9.17) is 9.84 Å². The largest absolute Gasteiger partial charge is 0.714 e. The van der Waals surface area contributed by atoms with Crippen LogP contribution in [0.1, 0.15) is 6.42 Å². The molecular formula is C11H18NO10S2-. The Labute approximate surface area is 142 Å². The molecular weight excluding hydrogens is 370 g/mol. The van der Waals surface area contributed by atoms with Crippen molar-refractivity contribution in [1.29, 1.82) is 0 Å². The van der Waals surface area contributed by atoms with Gasteiger partial charge in [0.2, 0.25) is 0 Å². The second-order valence-corrected chi connectivity index (χ2v) is 6.93. The van der Waals surface area contributed by atoms with Crippen molar-refractivity contribution in [1.82, 2.24) is 0 Å². The van der Waals surface area contributed by atoms with Crippen molar-refractivity contribution in [2.75, 3.05) is 6.61 Å². The predicted octanol–water partition coefficient (Wildman–Crippen LogP) is -2.75. The standard InChI is InChI=1S/C11H19NO10S2/c1-2-5(14)3-7(12-22-24(18,19)20)23-11-10(17)9(16)8(15)6(4-13)21-11/h2,5-6,8-11,13-17H,1,3-4H2,(H,18,19,20)/p-1.